The first-order chi connectivity index (χ1) is 8.04. The van der Waals surface area contributed by atoms with Gasteiger partial charge in [0.05, 0.1) is 0 Å². The van der Waals surface area contributed by atoms with Gasteiger partial charge in [-0.3, -0.25) is 4.79 Å². The number of nitrogens with two attached hydrogens (primary N) is 1. The Bertz CT molecular complexity index is 239. The van der Waals surface area contributed by atoms with Crippen LogP contribution in [-0.4, -0.2) is 5.91 Å². The first kappa shape index (κ1) is 14.5. The molecule has 1 saturated carbocycles. The molecule has 1 aliphatic rings. The molecule has 1 rings (SSSR count). The average Bonchev–Trinajstić information content (AvgIpc) is 2.25. The monoisotopic (exact) mass is 239 g/mol. The molecule has 0 aromatic carbocycles. The van der Waals surface area contributed by atoms with E-state index in [0.29, 0.717) is 0 Å². The van der Waals surface area contributed by atoms with E-state index in [2.05, 4.69) is 13.8 Å². The van der Waals surface area contributed by atoms with E-state index < -0.39 is 0 Å². The number of hydrogen-bond donors (Lipinski definition) is 1. The second-order valence-corrected chi connectivity index (χ2v) is 6.23. The molecule has 2 atom stereocenters. The number of hydrogen-bond acceptors (Lipinski definition) is 1. The van der Waals surface area contributed by atoms with Crippen LogP contribution in [0.15, 0.2) is 0 Å². The zero-order chi connectivity index (χ0) is 12.7. The Hall–Kier alpha value is -0.530. The summed E-state index contributed by atoms with van der Waals surface area (Å²) in [5.41, 5.74) is 5.33. The van der Waals surface area contributed by atoms with Crippen molar-refractivity contribution in [2.75, 3.05) is 0 Å². The third-order valence-electron chi connectivity index (χ3n) is 4.45. The normalized spacial score (nSPS) is 33.4. The summed E-state index contributed by atoms with van der Waals surface area (Å²) >= 11 is 0. The van der Waals surface area contributed by atoms with Crippen LogP contribution in [0.3, 0.4) is 0 Å². The van der Waals surface area contributed by atoms with Gasteiger partial charge < -0.3 is 5.73 Å². The predicted octanol–water partition coefficient (Wildman–Crippen LogP) is 4.03. The molecular formula is C15H29NO. The Kier molecular flexibility index (Phi) is 6.01. The summed E-state index contributed by atoms with van der Waals surface area (Å²) in [6, 6.07) is 0. The van der Waals surface area contributed by atoms with E-state index in [-0.39, 0.29) is 11.3 Å². The lowest BCUT2D eigenvalue weighted by Crippen LogP contribution is -2.34. The van der Waals surface area contributed by atoms with Crippen molar-refractivity contribution >= 4 is 5.91 Å². The van der Waals surface area contributed by atoms with E-state index >= 15 is 0 Å². The molecule has 1 amide bonds. The molecule has 0 aliphatic heterocycles. The number of primary amides is 1. The molecule has 1 aliphatic carbocycles. The summed E-state index contributed by atoms with van der Waals surface area (Å²) < 4.78 is 0. The summed E-state index contributed by atoms with van der Waals surface area (Å²) in [5.74, 6) is 0.716. The molecule has 0 aromatic rings. The molecule has 0 bridgehead atoms. The highest BCUT2D eigenvalue weighted by Crippen LogP contribution is 2.32. The summed E-state index contributed by atoms with van der Waals surface area (Å²) in [4.78, 5) is 11.6. The highest BCUT2D eigenvalue weighted by Gasteiger charge is 2.30. The van der Waals surface area contributed by atoms with Gasteiger partial charge in [0, 0.05) is 5.41 Å². The van der Waals surface area contributed by atoms with Crippen LogP contribution in [0, 0.1) is 11.3 Å². The fourth-order valence-corrected chi connectivity index (χ4v) is 2.89. The Labute approximate surface area is 106 Å². The summed E-state index contributed by atoms with van der Waals surface area (Å²) in [7, 11) is 0. The lowest BCUT2D eigenvalue weighted by Gasteiger charge is -2.27. The van der Waals surface area contributed by atoms with Crippen molar-refractivity contribution in [3.8, 4) is 0 Å². The largest absolute Gasteiger partial charge is 0.369 e. The molecule has 0 aromatic heterocycles. The van der Waals surface area contributed by atoms with Crippen molar-refractivity contribution in [1.29, 1.82) is 0 Å². The maximum absolute atomic E-state index is 11.6. The zero-order valence-electron chi connectivity index (χ0n) is 11.6. The van der Waals surface area contributed by atoms with E-state index in [4.69, 9.17) is 5.73 Å². The van der Waals surface area contributed by atoms with Gasteiger partial charge in [0.15, 0.2) is 0 Å². The Morgan fingerprint density at radius 2 is 1.53 bits per heavy atom. The lowest BCUT2D eigenvalue weighted by atomic mass is 9.78. The molecular weight excluding hydrogens is 210 g/mol. The molecule has 2 unspecified atom stereocenters. The van der Waals surface area contributed by atoms with Crippen LogP contribution in [0.5, 0.6) is 0 Å². The second kappa shape index (κ2) is 7.03. The van der Waals surface area contributed by atoms with Gasteiger partial charge >= 0.3 is 0 Å². The molecule has 2 N–H and O–H groups in total. The van der Waals surface area contributed by atoms with Crippen LogP contribution in [-0.2, 0) is 4.79 Å². The first-order valence-corrected chi connectivity index (χ1v) is 7.34. The van der Waals surface area contributed by atoms with Crippen LogP contribution in [0.2, 0.25) is 0 Å². The van der Waals surface area contributed by atoms with Crippen molar-refractivity contribution in [3.63, 3.8) is 0 Å². The number of carbonyl (C=O) groups excluding carboxylic acids is 1. The second-order valence-electron chi connectivity index (χ2n) is 6.23. The van der Waals surface area contributed by atoms with Gasteiger partial charge in [0.1, 0.15) is 0 Å². The van der Waals surface area contributed by atoms with Gasteiger partial charge in [-0.15, -0.1) is 0 Å². The van der Waals surface area contributed by atoms with E-state index in [1.807, 2.05) is 0 Å². The van der Waals surface area contributed by atoms with Crippen LogP contribution >= 0.6 is 0 Å². The topological polar surface area (TPSA) is 43.1 Å². The van der Waals surface area contributed by atoms with E-state index in [0.717, 1.165) is 31.6 Å². The maximum atomic E-state index is 11.6. The highest BCUT2D eigenvalue weighted by atomic mass is 16.1. The lowest BCUT2D eigenvalue weighted by molar-refractivity contribution is -0.127. The van der Waals surface area contributed by atoms with Crippen LogP contribution < -0.4 is 5.73 Å². The number of carbonyl (C=O) groups is 1. The third-order valence-corrected chi connectivity index (χ3v) is 4.45. The minimum absolute atomic E-state index is 0.0952. The van der Waals surface area contributed by atoms with Crippen LogP contribution in [0.1, 0.15) is 78.1 Å². The van der Waals surface area contributed by atoms with E-state index in [9.17, 15) is 4.79 Å². The van der Waals surface area contributed by atoms with Crippen LogP contribution in [0.25, 0.3) is 0 Å². The van der Waals surface area contributed by atoms with Crippen molar-refractivity contribution in [1.82, 2.24) is 0 Å². The van der Waals surface area contributed by atoms with Gasteiger partial charge in [-0.05, 0) is 18.8 Å². The van der Waals surface area contributed by atoms with Crippen molar-refractivity contribution in [2.24, 2.45) is 17.1 Å². The van der Waals surface area contributed by atoms with Crippen LogP contribution in [0.4, 0.5) is 0 Å². The summed E-state index contributed by atoms with van der Waals surface area (Å²) in [6.07, 6.45) is 12.2. The molecule has 1 fully saturated rings. The Morgan fingerprint density at radius 1 is 1.00 bits per heavy atom. The Morgan fingerprint density at radius 3 is 2.24 bits per heavy atom. The van der Waals surface area contributed by atoms with Crippen molar-refractivity contribution < 1.29 is 4.79 Å². The smallest absolute Gasteiger partial charge is 0.223 e. The molecule has 0 spiro atoms. The standard InChI is InChI=1S/C15H29NO/c1-13-9-6-4-3-5-7-11-15(2,14(16)17)12-8-10-13/h13H,3-12H2,1-2H3,(H2,16,17). The van der Waals surface area contributed by atoms with Gasteiger partial charge in [0.2, 0.25) is 5.91 Å². The number of rotatable bonds is 1. The average molecular weight is 239 g/mol. The fraction of sp³-hybridized carbons (Fsp3) is 0.933. The van der Waals surface area contributed by atoms with Gasteiger partial charge in [-0.25, -0.2) is 0 Å². The van der Waals surface area contributed by atoms with Gasteiger partial charge in [-0.2, -0.15) is 0 Å². The molecule has 2 nitrogen and oxygen atoms in total. The fourth-order valence-electron chi connectivity index (χ4n) is 2.89. The third kappa shape index (κ3) is 5.10. The molecule has 100 valence electrons. The summed E-state index contributed by atoms with van der Waals surface area (Å²) in [5, 5.41) is 0. The maximum Gasteiger partial charge on any atom is 0.223 e. The summed E-state index contributed by atoms with van der Waals surface area (Å²) in [6.45, 7) is 4.40. The molecule has 0 radical (unpaired) electrons. The predicted molar refractivity (Wildman–Crippen MR) is 72.6 cm³/mol. The first-order valence-electron chi connectivity index (χ1n) is 7.34. The quantitative estimate of drug-likeness (QED) is 0.737. The molecule has 0 heterocycles. The Balaban J connectivity index is 2.52. The minimum Gasteiger partial charge on any atom is -0.369 e. The minimum atomic E-state index is -0.251. The molecule has 2 heteroatoms. The SMILES string of the molecule is CC1CCCCCCCC(C)(C(N)=O)CCC1. The highest BCUT2D eigenvalue weighted by molar-refractivity contribution is 5.80. The van der Waals surface area contributed by atoms with E-state index in [1.54, 1.807) is 0 Å². The number of amides is 1. The zero-order valence-corrected chi connectivity index (χ0v) is 11.6. The van der Waals surface area contributed by atoms with Crippen molar-refractivity contribution in [3.05, 3.63) is 0 Å². The molecule has 17 heavy (non-hydrogen) atoms. The van der Waals surface area contributed by atoms with Gasteiger partial charge in [0.25, 0.3) is 0 Å². The van der Waals surface area contributed by atoms with Gasteiger partial charge in [-0.1, -0.05) is 65.2 Å². The van der Waals surface area contributed by atoms with E-state index in [1.165, 1.54) is 38.5 Å². The van der Waals surface area contributed by atoms with Crippen molar-refractivity contribution in [2.45, 2.75) is 78.1 Å². The molecule has 0 saturated heterocycles.